The van der Waals surface area contributed by atoms with Crippen molar-refractivity contribution < 1.29 is 14.3 Å². The molecular formula is C13H19NO3. The third-order valence-electron chi connectivity index (χ3n) is 2.64. The third kappa shape index (κ3) is 3.46. The number of carbonyl (C=O) groups is 1. The van der Waals surface area contributed by atoms with E-state index >= 15 is 0 Å². The number of ketones is 1. The van der Waals surface area contributed by atoms with Gasteiger partial charge in [-0.1, -0.05) is 6.92 Å². The van der Waals surface area contributed by atoms with E-state index < -0.39 is 0 Å². The van der Waals surface area contributed by atoms with Gasteiger partial charge in [0, 0.05) is 12.0 Å². The predicted molar refractivity (Wildman–Crippen MR) is 66.7 cm³/mol. The van der Waals surface area contributed by atoms with Crippen molar-refractivity contribution >= 4 is 5.78 Å². The van der Waals surface area contributed by atoms with E-state index in [2.05, 4.69) is 0 Å². The number of hydrogen-bond donors (Lipinski definition) is 1. The molecule has 1 aromatic carbocycles. The Morgan fingerprint density at radius 3 is 2.47 bits per heavy atom. The zero-order valence-corrected chi connectivity index (χ0v) is 10.5. The smallest absolute Gasteiger partial charge is 0.163 e. The Hall–Kier alpha value is -1.55. The van der Waals surface area contributed by atoms with Gasteiger partial charge in [0.05, 0.1) is 14.2 Å². The van der Waals surface area contributed by atoms with E-state index in [1.807, 2.05) is 6.92 Å². The number of methoxy groups -OCH3 is 2. The summed E-state index contributed by atoms with van der Waals surface area (Å²) < 4.78 is 10.3. The van der Waals surface area contributed by atoms with Gasteiger partial charge in [-0.3, -0.25) is 4.79 Å². The van der Waals surface area contributed by atoms with Crippen LogP contribution >= 0.6 is 0 Å². The molecule has 0 saturated heterocycles. The highest BCUT2D eigenvalue weighted by Gasteiger charge is 2.13. The fourth-order valence-corrected chi connectivity index (χ4v) is 1.53. The summed E-state index contributed by atoms with van der Waals surface area (Å²) in [6.07, 6.45) is 0.450. The maximum Gasteiger partial charge on any atom is 0.163 e. The number of rotatable bonds is 6. The molecule has 0 heterocycles. The van der Waals surface area contributed by atoms with Crippen LogP contribution in [-0.2, 0) is 0 Å². The zero-order valence-electron chi connectivity index (χ0n) is 10.5. The maximum absolute atomic E-state index is 11.9. The summed E-state index contributed by atoms with van der Waals surface area (Å²) in [7, 11) is 3.12. The van der Waals surface area contributed by atoms with Gasteiger partial charge in [-0.05, 0) is 30.7 Å². The van der Waals surface area contributed by atoms with Crippen LogP contribution in [0.3, 0.4) is 0 Å². The average molecular weight is 237 g/mol. The molecular weight excluding hydrogens is 218 g/mol. The largest absolute Gasteiger partial charge is 0.493 e. The fourth-order valence-electron chi connectivity index (χ4n) is 1.53. The molecule has 0 bridgehead atoms. The van der Waals surface area contributed by atoms with Crippen LogP contribution in [0, 0.1) is 5.92 Å². The molecule has 0 aliphatic heterocycles. The van der Waals surface area contributed by atoms with Gasteiger partial charge in [-0.2, -0.15) is 0 Å². The minimum absolute atomic E-state index is 0.0731. The molecule has 1 rings (SSSR count). The quantitative estimate of drug-likeness (QED) is 0.767. The second kappa shape index (κ2) is 6.25. The molecule has 1 unspecified atom stereocenters. The number of nitrogens with two attached hydrogens (primary N) is 1. The first-order valence-corrected chi connectivity index (χ1v) is 5.57. The zero-order chi connectivity index (χ0) is 12.8. The SMILES string of the molecule is COc1ccc(C(=O)CC(C)CN)cc1OC. The van der Waals surface area contributed by atoms with Crippen molar-refractivity contribution in [3.8, 4) is 11.5 Å². The van der Waals surface area contributed by atoms with Crippen LogP contribution in [0.5, 0.6) is 11.5 Å². The molecule has 0 amide bonds. The second-order valence-corrected chi connectivity index (χ2v) is 4.04. The molecule has 0 aliphatic rings. The van der Waals surface area contributed by atoms with E-state index in [1.54, 1.807) is 32.4 Å². The Kier molecular flexibility index (Phi) is 4.97. The second-order valence-electron chi connectivity index (χ2n) is 4.04. The molecule has 4 nitrogen and oxygen atoms in total. The van der Waals surface area contributed by atoms with Crippen molar-refractivity contribution in [3.05, 3.63) is 23.8 Å². The number of carbonyl (C=O) groups excluding carboxylic acids is 1. The first-order valence-electron chi connectivity index (χ1n) is 5.57. The van der Waals surface area contributed by atoms with Crippen molar-refractivity contribution in [2.45, 2.75) is 13.3 Å². The summed E-state index contributed by atoms with van der Waals surface area (Å²) in [5.41, 5.74) is 6.13. The highest BCUT2D eigenvalue weighted by Crippen LogP contribution is 2.28. The number of Topliss-reactive ketones (excluding diaryl/α,β-unsaturated/α-hetero) is 1. The summed E-state index contributed by atoms with van der Waals surface area (Å²) in [6, 6.07) is 5.18. The predicted octanol–water partition coefficient (Wildman–Crippen LogP) is 1.87. The first-order chi connectivity index (χ1) is 8.12. The van der Waals surface area contributed by atoms with Crippen LogP contribution in [0.25, 0.3) is 0 Å². The van der Waals surface area contributed by atoms with E-state index in [0.29, 0.717) is 30.0 Å². The monoisotopic (exact) mass is 237 g/mol. The van der Waals surface area contributed by atoms with E-state index in [-0.39, 0.29) is 11.7 Å². The minimum Gasteiger partial charge on any atom is -0.493 e. The maximum atomic E-state index is 11.9. The molecule has 0 aromatic heterocycles. The third-order valence-corrected chi connectivity index (χ3v) is 2.64. The molecule has 4 heteroatoms. The summed E-state index contributed by atoms with van der Waals surface area (Å²) in [5, 5.41) is 0. The van der Waals surface area contributed by atoms with Crippen molar-refractivity contribution in [2.75, 3.05) is 20.8 Å². The van der Waals surface area contributed by atoms with Gasteiger partial charge in [0.2, 0.25) is 0 Å². The van der Waals surface area contributed by atoms with Gasteiger partial charge in [0.1, 0.15) is 0 Å². The lowest BCUT2D eigenvalue weighted by Gasteiger charge is -2.10. The van der Waals surface area contributed by atoms with Crippen LogP contribution in [-0.4, -0.2) is 26.5 Å². The topological polar surface area (TPSA) is 61.5 Å². The van der Waals surface area contributed by atoms with Crippen LogP contribution in [0.4, 0.5) is 0 Å². The van der Waals surface area contributed by atoms with Crippen molar-refractivity contribution in [3.63, 3.8) is 0 Å². The molecule has 0 radical (unpaired) electrons. The molecule has 0 aliphatic carbocycles. The summed E-state index contributed by atoms with van der Waals surface area (Å²) in [4.78, 5) is 11.9. The number of ether oxygens (including phenoxy) is 2. The molecule has 2 N–H and O–H groups in total. The lowest BCUT2D eigenvalue weighted by atomic mass is 9.99. The highest BCUT2D eigenvalue weighted by molar-refractivity contribution is 5.96. The first kappa shape index (κ1) is 13.5. The van der Waals surface area contributed by atoms with Crippen LogP contribution in [0.1, 0.15) is 23.7 Å². The van der Waals surface area contributed by atoms with Crippen molar-refractivity contribution in [1.29, 1.82) is 0 Å². The Bertz CT molecular complexity index is 390. The van der Waals surface area contributed by atoms with Crippen LogP contribution < -0.4 is 15.2 Å². The highest BCUT2D eigenvalue weighted by atomic mass is 16.5. The average Bonchev–Trinajstić information content (AvgIpc) is 2.37. The lowest BCUT2D eigenvalue weighted by molar-refractivity contribution is 0.0965. The van der Waals surface area contributed by atoms with Gasteiger partial charge in [0.25, 0.3) is 0 Å². The minimum atomic E-state index is 0.0731. The standard InChI is InChI=1S/C13H19NO3/c1-9(8-14)6-11(15)10-4-5-12(16-2)13(7-10)17-3/h4-5,7,9H,6,8,14H2,1-3H3. The Balaban J connectivity index is 2.88. The number of hydrogen-bond acceptors (Lipinski definition) is 4. The Morgan fingerprint density at radius 1 is 1.29 bits per heavy atom. The summed E-state index contributed by atoms with van der Waals surface area (Å²) in [6.45, 7) is 2.47. The van der Waals surface area contributed by atoms with E-state index in [1.165, 1.54) is 0 Å². The molecule has 1 aromatic rings. The van der Waals surface area contributed by atoms with Crippen molar-refractivity contribution in [1.82, 2.24) is 0 Å². The van der Waals surface area contributed by atoms with Gasteiger partial charge in [-0.15, -0.1) is 0 Å². The van der Waals surface area contributed by atoms with Crippen LogP contribution in [0.2, 0.25) is 0 Å². The Morgan fingerprint density at radius 2 is 1.94 bits per heavy atom. The normalized spacial score (nSPS) is 12.0. The lowest BCUT2D eigenvalue weighted by Crippen LogP contribution is -2.15. The van der Waals surface area contributed by atoms with Crippen LogP contribution in [0.15, 0.2) is 18.2 Å². The molecule has 17 heavy (non-hydrogen) atoms. The summed E-state index contributed by atoms with van der Waals surface area (Å²) >= 11 is 0. The fraction of sp³-hybridized carbons (Fsp3) is 0.462. The van der Waals surface area contributed by atoms with Gasteiger partial charge in [-0.25, -0.2) is 0 Å². The van der Waals surface area contributed by atoms with E-state index in [4.69, 9.17) is 15.2 Å². The Labute approximate surface area is 102 Å². The van der Waals surface area contributed by atoms with E-state index in [9.17, 15) is 4.79 Å². The number of benzene rings is 1. The molecule has 94 valence electrons. The van der Waals surface area contributed by atoms with Gasteiger partial charge < -0.3 is 15.2 Å². The molecule has 0 fully saturated rings. The van der Waals surface area contributed by atoms with E-state index in [0.717, 1.165) is 0 Å². The van der Waals surface area contributed by atoms with Crippen molar-refractivity contribution in [2.24, 2.45) is 11.7 Å². The summed E-state index contributed by atoms with van der Waals surface area (Å²) in [5.74, 6) is 1.45. The van der Waals surface area contributed by atoms with Gasteiger partial charge in [0.15, 0.2) is 17.3 Å². The molecule has 0 spiro atoms. The molecule has 1 atom stereocenters. The van der Waals surface area contributed by atoms with Gasteiger partial charge >= 0.3 is 0 Å². The molecule has 0 saturated carbocycles.